The molecular formula is C16H19NO5. The molecule has 3 atom stereocenters. The Kier molecular flexibility index (Phi) is 3.47. The van der Waals surface area contributed by atoms with Crippen molar-refractivity contribution in [2.75, 3.05) is 13.7 Å². The standard InChI is InChI=1S/C16H19NO5/c1-4-21-15(19)13-11-8-16(2,17-14(13)18)22-12-6-5-9(20-3)7-10(11)12/h5-7,11,13H,4,8H2,1-3H3,(H,17,18)/t11-,13-,16-/m1/s1. The third-order valence-electron chi connectivity index (χ3n) is 4.17. The number of nitrogens with one attached hydrogen (secondary N) is 1. The predicted molar refractivity (Wildman–Crippen MR) is 77.7 cm³/mol. The van der Waals surface area contributed by atoms with Gasteiger partial charge in [0.25, 0.3) is 0 Å². The van der Waals surface area contributed by atoms with E-state index >= 15 is 0 Å². The Morgan fingerprint density at radius 2 is 2.27 bits per heavy atom. The minimum Gasteiger partial charge on any atom is -0.497 e. The van der Waals surface area contributed by atoms with Crippen LogP contribution in [0.1, 0.15) is 31.7 Å². The minimum absolute atomic E-state index is 0.244. The van der Waals surface area contributed by atoms with Gasteiger partial charge in [0.2, 0.25) is 5.91 Å². The lowest BCUT2D eigenvalue weighted by atomic mass is 9.75. The van der Waals surface area contributed by atoms with Crippen molar-refractivity contribution in [2.24, 2.45) is 5.92 Å². The average Bonchev–Trinajstić information content (AvgIpc) is 2.46. The number of carbonyl (C=O) groups excluding carboxylic acids is 2. The van der Waals surface area contributed by atoms with Crippen LogP contribution in [0.3, 0.4) is 0 Å². The highest BCUT2D eigenvalue weighted by Crippen LogP contribution is 2.47. The Morgan fingerprint density at radius 1 is 1.50 bits per heavy atom. The first kappa shape index (κ1) is 14.7. The zero-order valence-electron chi connectivity index (χ0n) is 12.8. The molecule has 1 aromatic carbocycles. The smallest absolute Gasteiger partial charge is 0.319 e. The quantitative estimate of drug-likeness (QED) is 0.678. The van der Waals surface area contributed by atoms with E-state index in [1.165, 1.54) is 0 Å². The summed E-state index contributed by atoms with van der Waals surface area (Å²) >= 11 is 0. The van der Waals surface area contributed by atoms with Crippen LogP contribution >= 0.6 is 0 Å². The lowest BCUT2D eigenvalue weighted by Crippen LogP contribution is -2.62. The van der Waals surface area contributed by atoms with Gasteiger partial charge in [-0.1, -0.05) is 0 Å². The van der Waals surface area contributed by atoms with Gasteiger partial charge in [0.1, 0.15) is 17.4 Å². The van der Waals surface area contributed by atoms with Gasteiger partial charge in [-0.25, -0.2) is 0 Å². The summed E-state index contributed by atoms with van der Waals surface area (Å²) in [5.41, 5.74) is 0.0107. The molecule has 22 heavy (non-hydrogen) atoms. The number of amides is 1. The lowest BCUT2D eigenvalue weighted by molar-refractivity contribution is -0.160. The maximum absolute atomic E-state index is 12.4. The van der Waals surface area contributed by atoms with Crippen LogP contribution < -0.4 is 14.8 Å². The SMILES string of the molecule is CCOC(=O)[C@H]1C(=O)N[C@@]2(C)C[C@@H]1c1cc(OC)ccc1O2. The summed E-state index contributed by atoms with van der Waals surface area (Å²) in [6.45, 7) is 3.78. The fraction of sp³-hybridized carbons (Fsp3) is 0.500. The Bertz CT molecular complexity index is 629. The second-order valence-electron chi connectivity index (χ2n) is 5.77. The van der Waals surface area contributed by atoms with Crippen molar-refractivity contribution in [1.82, 2.24) is 5.32 Å². The van der Waals surface area contributed by atoms with Crippen molar-refractivity contribution in [2.45, 2.75) is 31.9 Å². The molecule has 2 aliphatic rings. The van der Waals surface area contributed by atoms with E-state index in [0.717, 1.165) is 5.56 Å². The van der Waals surface area contributed by atoms with Crippen molar-refractivity contribution in [1.29, 1.82) is 0 Å². The van der Waals surface area contributed by atoms with Crippen LogP contribution in [0.4, 0.5) is 0 Å². The van der Waals surface area contributed by atoms with E-state index in [9.17, 15) is 9.59 Å². The second kappa shape index (κ2) is 5.19. The number of ether oxygens (including phenoxy) is 3. The fourth-order valence-corrected chi connectivity index (χ4v) is 3.25. The molecule has 0 spiro atoms. The fourth-order valence-electron chi connectivity index (χ4n) is 3.25. The molecular weight excluding hydrogens is 286 g/mol. The minimum atomic E-state index is -0.859. The van der Waals surface area contributed by atoms with E-state index in [0.29, 0.717) is 17.9 Å². The third-order valence-corrected chi connectivity index (χ3v) is 4.17. The molecule has 6 heteroatoms. The monoisotopic (exact) mass is 305 g/mol. The molecule has 6 nitrogen and oxygen atoms in total. The lowest BCUT2D eigenvalue weighted by Gasteiger charge is -2.46. The van der Waals surface area contributed by atoms with Crippen LogP contribution in [-0.2, 0) is 14.3 Å². The summed E-state index contributed by atoms with van der Waals surface area (Å²) in [6.07, 6.45) is 0.516. The number of hydrogen-bond acceptors (Lipinski definition) is 5. The molecule has 1 N–H and O–H groups in total. The average molecular weight is 305 g/mol. The van der Waals surface area contributed by atoms with Crippen LogP contribution in [0.25, 0.3) is 0 Å². The van der Waals surface area contributed by atoms with Gasteiger partial charge in [-0.3, -0.25) is 9.59 Å². The normalized spacial score (nSPS) is 29.0. The zero-order valence-corrected chi connectivity index (χ0v) is 12.8. The summed E-state index contributed by atoms with van der Waals surface area (Å²) in [4.78, 5) is 24.6. The molecule has 1 amide bonds. The van der Waals surface area contributed by atoms with E-state index in [1.54, 1.807) is 26.2 Å². The van der Waals surface area contributed by atoms with Crippen molar-refractivity contribution in [3.63, 3.8) is 0 Å². The van der Waals surface area contributed by atoms with Crippen molar-refractivity contribution >= 4 is 11.9 Å². The molecule has 2 heterocycles. The summed E-state index contributed by atoms with van der Waals surface area (Å²) < 4.78 is 16.2. The zero-order chi connectivity index (χ0) is 15.9. The molecule has 0 aliphatic carbocycles. The highest BCUT2D eigenvalue weighted by Gasteiger charge is 2.52. The molecule has 1 aromatic rings. The highest BCUT2D eigenvalue weighted by atomic mass is 16.5. The number of carbonyl (C=O) groups is 2. The summed E-state index contributed by atoms with van der Waals surface area (Å²) in [7, 11) is 1.58. The number of fused-ring (bicyclic) bond motifs is 4. The highest BCUT2D eigenvalue weighted by molar-refractivity contribution is 6.00. The first-order valence-electron chi connectivity index (χ1n) is 7.33. The number of hydrogen-bond donors (Lipinski definition) is 1. The number of rotatable bonds is 3. The summed E-state index contributed by atoms with van der Waals surface area (Å²) in [5, 5.41) is 2.79. The topological polar surface area (TPSA) is 73.9 Å². The Labute approximate surface area is 128 Å². The summed E-state index contributed by atoms with van der Waals surface area (Å²) in [5.74, 6) is -0.666. The molecule has 2 bridgehead atoms. The van der Waals surface area contributed by atoms with Crippen molar-refractivity contribution in [3.05, 3.63) is 23.8 Å². The second-order valence-corrected chi connectivity index (χ2v) is 5.77. The Balaban J connectivity index is 2.06. The molecule has 0 saturated carbocycles. The Morgan fingerprint density at radius 3 is 2.95 bits per heavy atom. The first-order chi connectivity index (χ1) is 10.5. The maximum Gasteiger partial charge on any atom is 0.319 e. The van der Waals surface area contributed by atoms with E-state index in [1.807, 2.05) is 13.0 Å². The van der Waals surface area contributed by atoms with Crippen LogP contribution in [0.15, 0.2) is 18.2 Å². The van der Waals surface area contributed by atoms with Crippen molar-refractivity contribution < 1.29 is 23.8 Å². The van der Waals surface area contributed by atoms with E-state index < -0.39 is 17.6 Å². The molecule has 0 unspecified atom stereocenters. The molecule has 1 saturated heterocycles. The van der Waals surface area contributed by atoms with Gasteiger partial charge in [0, 0.05) is 17.9 Å². The van der Waals surface area contributed by atoms with Gasteiger partial charge in [0.15, 0.2) is 5.72 Å². The summed E-state index contributed by atoms with van der Waals surface area (Å²) in [6, 6.07) is 5.42. The number of esters is 1. The van der Waals surface area contributed by atoms with Gasteiger partial charge in [-0.05, 0) is 32.0 Å². The van der Waals surface area contributed by atoms with E-state index in [-0.39, 0.29) is 18.4 Å². The molecule has 0 aromatic heterocycles. The van der Waals surface area contributed by atoms with Crippen molar-refractivity contribution in [3.8, 4) is 11.5 Å². The number of benzene rings is 1. The third kappa shape index (κ3) is 2.28. The molecule has 3 rings (SSSR count). The molecule has 2 aliphatic heterocycles. The van der Waals surface area contributed by atoms with Crippen LogP contribution in [0, 0.1) is 5.92 Å². The van der Waals surface area contributed by atoms with Gasteiger partial charge >= 0.3 is 5.97 Å². The predicted octanol–water partition coefficient (Wildman–Crippen LogP) is 1.59. The van der Waals surface area contributed by atoms with Gasteiger partial charge in [-0.15, -0.1) is 0 Å². The maximum atomic E-state index is 12.4. The van der Waals surface area contributed by atoms with Gasteiger partial charge in [0.05, 0.1) is 13.7 Å². The van der Waals surface area contributed by atoms with Crippen LogP contribution in [-0.4, -0.2) is 31.3 Å². The number of piperidine rings is 1. The Hall–Kier alpha value is -2.24. The van der Waals surface area contributed by atoms with E-state index in [4.69, 9.17) is 14.2 Å². The van der Waals surface area contributed by atoms with Gasteiger partial charge < -0.3 is 19.5 Å². The molecule has 118 valence electrons. The molecule has 1 fully saturated rings. The largest absolute Gasteiger partial charge is 0.497 e. The van der Waals surface area contributed by atoms with Crippen LogP contribution in [0.5, 0.6) is 11.5 Å². The first-order valence-corrected chi connectivity index (χ1v) is 7.33. The molecule has 0 radical (unpaired) electrons. The number of methoxy groups -OCH3 is 1. The van der Waals surface area contributed by atoms with E-state index in [2.05, 4.69) is 5.32 Å². The van der Waals surface area contributed by atoms with Crippen LogP contribution in [0.2, 0.25) is 0 Å². The van der Waals surface area contributed by atoms with Gasteiger partial charge in [-0.2, -0.15) is 0 Å².